The summed E-state index contributed by atoms with van der Waals surface area (Å²) in [7, 11) is 1.59. The van der Waals surface area contributed by atoms with Crippen molar-refractivity contribution < 1.29 is 19.0 Å². The maximum Gasteiger partial charge on any atom is 0.188 e. The molecule has 0 radical (unpaired) electrons. The van der Waals surface area contributed by atoms with Gasteiger partial charge in [-0.15, -0.1) is 0 Å². The summed E-state index contributed by atoms with van der Waals surface area (Å²) in [4.78, 5) is 10.2. The average molecular weight is 272 g/mol. The first-order valence-electron chi connectivity index (χ1n) is 6.22. The maximum absolute atomic E-state index is 10.2. The number of carbonyl (C=O) groups excluding carboxylic acids is 1. The Morgan fingerprint density at radius 3 is 1.80 bits per heavy atom. The Hall–Kier alpha value is -2.33. The van der Waals surface area contributed by atoms with Crippen molar-refractivity contribution >= 4 is 6.29 Å². The summed E-state index contributed by atoms with van der Waals surface area (Å²) in [6, 6.07) is 15.3. The highest BCUT2D eigenvalue weighted by Gasteiger charge is 2.00. The van der Waals surface area contributed by atoms with Crippen LogP contribution in [-0.4, -0.2) is 26.8 Å². The summed E-state index contributed by atoms with van der Waals surface area (Å²) in [5.41, 5.74) is 2.15. The Morgan fingerprint density at radius 1 is 0.850 bits per heavy atom. The lowest BCUT2D eigenvalue weighted by atomic mass is 10.1. The summed E-state index contributed by atoms with van der Waals surface area (Å²) in [5.74, 6) is 1.45. The third-order valence-electron chi connectivity index (χ3n) is 2.70. The summed E-state index contributed by atoms with van der Waals surface area (Å²) in [6.45, 7) is 0.312. The van der Waals surface area contributed by atoms with E-state index in [1.54, 1.807) is 7.11 Å². The zero-order chi connectivity index (χ0) is 14.2. The van der Waals surface area contributed by atoms with Crippen molar-refractivity contribution in [2.45, 2.75) is 0 Å². The molecule has 0 aromatic heterocycles. The van der Waals surface area contributed by atoms with Crippen LogP contribution in [-0.2, 0) is 9.53 Å². The van der Waals surface area contributed by atoms with Gasteiger partial charge in [-0.2, -0.15) is 0 Å². The van der Waals surface area contributed by atoms with E-state index >= 15 is 0 Å². The molecule has 20 heavy (non-hydrogen) atoms. The van der Waals surface area contributed by atoms with E-state index in [1.165, 1.54) is 0 Å². The molecular formula is C16H16O4. The normalized spacial score (nSPS) is 10.1. The Bertz CT molecular complexity index is 531. The Kier molecular flexibility index (Phi) is 5.15. The van der Waals surface area contributed by atoms with Crippen molar-refractivity contribution in [3.8, 4) is 22.6 Å². The SMILES string of the molecule is COCOc1ccc(-c2ccc(OCC=O)cc2)cc1. The number of rotatable bonds is 7. The molecule has 2 rings (SSSR count). The van der Waals surface area contributed by atoms with Gasteiger partial charge < -0.3 is 14.2 Å². The smallest absolute Gasteiger partial charge is 0.188 e. The highest BCUT2D eigenvalue weighted by atomic mass is 16.7. The molecule has 0 spiro atoms. The van der Waals surface area contributed by atoms with Crippen molar-refractivity contribution in [2.75, 3.05) is 20.5 Å². The average Bonchev–Trinajstić information content (AvgIpc) is 2.52. The fraction of sp³-hybridized carbons (Fsp3) is 0.188. The Balaban J connectivity index is 2.05. The summed E-state index contributed by atoms with van der Waals surface area (Å²) >= 11 is 0. The molecule has 0 aliphatic rings. The van der Waals surface area contributed by atoms with Crippen LogP contribution in [0.3, 0.4) is 0 Å². The van der Waals surface area contributed by atoms with Crippen molar-refractivity contribution in [2.24, 2.45) is 0 Å². The number of hydrogen-bond donors (Lipinski definition) is 0. The molecule has 2 aromatic carbocycles. The summed E-state index contributed by atoms with van der Waals surface area (Å²) < 4.78 is 15.4. The molecular weight excluding hydrogens is 256 g/mol. The highest BCUT2D eigenvalue weighted by molar-refractivity contribution is 5.65. The number of ether oxygens (including phenoxy) is 3. The van der Waals surface area contributed by atoms with E-state index in [1.807, 2.05) is 48.5 Å². The van der Waals surface area contributed by atoms with Crippen LogP contribution < -0.4 is 9.47 Å². The largest absolute Gasteiger partial charge is 0.486 e. The van der Waals surface area contributed by atoms with Crippen molar-refractivity contribution in [1.29, 1.82) is 0 Å². The zero-order valence-electron chi connectivity index (χ0n) is 11.2. The second-order valence-electron chi connectivity index (χ2n) is 4.08. The first-order valence-corrected chi connectivity index (χ1v) is 6.22. The molecule has 0 aliphatic carbocycles. The van der Waals surface area contributed by atoms with Gasteiger partial charge in [0.05, 0.1) is 0 Å². The van der Waals surface area contributed by atoms with Crippen LogP contribution in [0.25, 0.3) is 11.1 Å². The first kappa shape index (κ1) is 14.1. The molecule has 4 nitrogen and oxygen atoms in total. The molecule has 0 atom stereocenters. The van der Waals surface area contributed by atoms with E-state index in [-0.39, 0.29) is 13.4 Å². The van der Waals surface area contributed by atoms with E-state index in [0.29, 0.717) is 5.75 Å². The van der Waals surface area contributed by atoms with Crippen LogP contribution in [0.5, 0.6) is 11.5 Å². The molecule has 0 unspecified atom stereocenters. The van der Waals surface area contributed by atoms with Gasteiger partial charge in [-0.1, -0.05) is 24.3 Å². The van der Waals surface area contributed by atoms with Gasteiger partial charge in [-0.25, -0.2) is 0 Å². The lowest BCUT2D eigenvalue weighted by Crippen LogP contribution is -1.98. The van der Waals surface area contributed by atoms with Crippen LogP contribution in [0.4, 0.5) is 0 Å². The lowest BCUT2D eigenvalue weighted by Gasteiger charge is -2.07. The van der Waals surface area contributed by atoms with Crippen molar-refractivity contribution in [3.63, 3.8) is 0 Å². The van der Waals surface area contributed by atoms with Crippen molar-refractivity contribution in [1.82, 2.24) is 0 Å². The minimum Gasteiger partial charge on any atom is -0.486 e. The maximum atomic E-state index is 10.2. The van der Waals surface area contributed by atoms with Gasteiger partial charge in [-0.05, 0) is 35.4 Å². The zero-order valence-corrected chi connectivity index (χ0v) is 11.2. The molecule has 0 fully saturated rings. The summed E-state index contributed by atoms with van der Waals surface area (Å²) in [6.07, 6.45) is 0.729. The van der Waals surface area contributed by atoms with Crippen LogP contribution in [0.2, 0.25) is 0 Å². The molecule has 2 aromatic rings. The monoisotopic (exact) mass is 272 g/mol. The van der Waals surface area contributed by atoms with E-state index < -0.39 is 0 Å². The first-order chi connectivity index (χ1) is 9.83. The van der Waals surface area contributed by atoms with Crippen LogP contribution in [0.15, 0.2) is 48.5 Å². The van der Waals surface area contributed by atoms with Gasteiger partial charge in [0.1, 0.15) is 18.1 Å². The number of carbonyl (C=O) groups is 1. The quantitative estimate of drug-likeness (QED) is 0.574. The van der Waals surface area contributed by atoms with Crippen molar-refractivity contribution in [3.05, 3.63) is 48.5 Å². The predicted octanol–water partition coefficient (Wildman–Crippen LogP) is 2.91. The van der Waals surface area contributed by atoms with Crippen LogP contribution in [0, 0.1) is 0 Å². The van der Waals surface area contributed by atoms with Gasteiger partial charge in [0.15, 0.2) is 13.1 Å². The number of methoxy groups -OCH3 is 1. The fourth-order valence-corrected chi connectivity index (χ4v) is 1.74. The third kappa shape index (κ3) is 3.83. The number of hydrogen-bond acceptors (Lipinski definition) is 4. The second kappa shape index (κ2) is 7.31. The fourth-order valence-electron chi connectivity index (χ4n) is 1.74. The highest BCUT2D eigenvalue weighted by Crippen LogP contribution is 2.24. The summed E-state index contributed by atoms with van der Waals surface area (Å²) in [5, 5.41) is 0. The molecule has 4 heteroatoms. The Labute approximate surface area is 117 Å². The lowest BCUT2D eigenvalue weighted by molar-refractivity contribution is -0.109. The van der Waals surface area contributed by atoms with Crippen LogP contribution >= 0.6 is 0 Å². The Morgan fingerprint density at radius 2 is 1.35 bits per heavy atom. The molecule has 0 N–H and O–H groups in total. The molecule has 0 saturated carbocycles. The van der Waals surface area contributed by atoms with Gasteiger partial charge in [0.25, 0.3) is 0 Å². The van der Waals surface area contributed by atoms with Crippen LogP contribution in [0.1, 0.15) is 0 Å². The molecule has 0 saturated heterocycles. The molecule has 0 amide bonds. The van der Waals surface area contributed by atoms with Gasteiger partial charge in [-0.3, -0.25) is 4.79 Å². The minimum absolute atomic E-state index is 0.0743. The third-order valence-corrected chi connectivity index (χ3v) is 2.70. The molecule has 0 aliphatic heterocycles. The number of aldehydes is 1. The topological polar surface area (TPSA) is 44.8 Å². The second-order valence-corrected chi connectivity index (χ2v) is 4.08. The standard InChI is InChI=1S/C16H16O4/c1-18-12-20-16-8-4-14(5-9-16)13-2-6-15(7-3-13)19-11-10-17/h2-10H,11-12H2,1H3. The molecule has 0 heterocycles. The minimum atomic E-state index is 0.0743. The predicted molar refractivity (Wildman–Crippen MR) is 75.9 cm³/mol. The number of benzene rings is 2. The molecule has 0 bridgehead atoms. The van der Waals surface area contributed by atoms with E-state index in [2.05, 4.69) is 0 Å². The van der Waals surface area contributed by atoms with E-state index in [0.717, 1.165) is 23.2 Å². The van der Waals surface area contributed by atoms with Gasteiger partial charge in [0, 0.05) is 7.11 Å². The molecule has 104 valence electrons. The van der Waals surface area contributed by atoms with E-state index in [9.17, 15) is 4.79 Å². The van der Waals surface area contributed by atoms with Gasteiger partial charge in [0.2, 0.25) is 0 Å². The van der Waals surface area contributed by atoms with E-state index in [4.69, 9.17) is 14.2 Å². The van der Waals surface area contributed by atoms with Gasteiger partial charge >= 0.3 is 0 Å².